The number of unbranched alkanes of at least 4 members (excludes halogenated alkanes) is 8. The molecule has 0 saturated carbocycles. The number of rotatable bonds is 37. The Hall–Kier alpha value is -2.04. The van der Waals surface area contributed by atoms with Crippen LogP contribution in [0.3, 0.4) is 0 Å². The Bertz CT molecular complexity index is 1460. The van der Waals surface area contributed by atoms with E-state index in [0.717, 1.165) is 65.0 Å². The van der Waals surface area contributed by atoms with Crippen LogP contribution >= 0.6 is 0 Å². The van der Waals surface area contributed by atoms with E-state index in [1.165, 1.54) is 160 Å². The Balaban J connectivity index is 1.96. The van der Waals surface area contributed by atoms with Gasteiger partial charge in [0.25, 0.3) is 0 Å². The molecule has 2 aromatic carbocycles. The van der Waals surface area contributed by atoms with Crippen molar-refractivity contribution in [1.82, 2.24) is 0 Å². The molecule has 4 rings (SSSR count). The van der Waals surface area contributed by atoms with Gasteiger partial charge in [-0.15, -0.1) is 0 Å². The second-order valence-electron chi connectivity index (χ2n) is 24.0. The van der Waals surface area contributed by atoms with Crippen molar-refractivity contribution in [3.8, 4) is 22.6 Å². The Labute approximate surface area is 409 Å². The van der Waals surface area contributed by atoms with Crippen LogP contribution < -0.4 is 9.47 Å². The summed E-state index contributed by atoms with van der Waals surface area (Å²) in [6.45, 7) is 37.4. The lowest BCUT2D eigenvalue weighted by atomic mass is 9.71. The highest BCUT2D eigenvalue weighted by molar-refractivity contribution is 5.73. The highest BCUT2D eigenvalue weighted by atomic mass is 16.6. The molecule has 2 heterocycles. The minimum absolute atomic E-state index is 0.0456. The third-order valence-electron chi connectivity index (χ3n) is 16.1. The first-order valence-electron chi connectivity index (χ1n) is 28.4. The number of hydrogen-bond donors (Lipinski definition) is 0. The van der Waals surface area contributed by atoms with Gasteiger partial charge < -0.3 is 18.9 Å². The van der Waals surface area contributed by atoms with Crippen molar-refractivity contribution in [2.24, 2.45) is 11.8 Å². The van der Waals surface area contributed by atoms with E-state index in [9.17, 15) is 0 Å². The summed E-state index contributed by atoms with van der Waals surface area (Å²) in [5.74, 6) is 3.65. The summed E-state index contributed by atoms with van der Waals surface area (Å²) in [6, 6.07) is 10.4. The molecule has 2 aliphatic rings. The van der Waals surface area contributed by atoms with Crippen molar-refractivity contribution in [1.29, 1.82) is 0 Å². The first-order chi connectivity index (χ1) is 31.5. The summed E-state index contributed by atoms with van der Waals surface area (Å²) in [6.07, 6.45) is 29.9. The molecule has 0 spiro atoms. The molecule has 0 aliphatic carbocycles. The minimum Gasteiger partial charge on any atom is -0.493 e. The Kier molecular flexibility index (Phi) is 23.5. The number of hydrogen-bond acceptors (Lipinski definition) is 4. The molecule has 2 aliphatic heterocycles. The standard InChI is InChI=1S/C62H106O4/c1-15-21-25-35-59(7,8)51-41-49(42-52(60(9,10)36-26-22-16-2)57(51)63-39-29-33-47(31-19-5)55-45-65-55)50-43-53(61(11,12)37-27-23-17-3)58(54(44-50)62(13,14)38-28-24-18-4)64-40-30-34-48(32-20-6)56-46-66-56/h41-44,47-48,55-56H,15-40,45-46H2,1-14H3. The molecule has 2 saturated heterocycles. The lowest BCUT2D eigenvalue weighted by molar-refractivity contribution is 0.249. The lowest BCUT2D eigenvalue weighted by Crippen LogP contribution is -2.25. The van der Waals surface area contributed by atoms with Crippen molar-refractivity contribution in [2.45, 2.75) is 285 Å². The molecule has 2 fully saturated rings. The third kappa shape index (κ3) is 17.1. The molecular weight excluding hydrogens is 809 g/mol. The molecule has 2 aromatic rings. The van der Waals surface area contributed by atoms with Crippen molar-refractivity contribution in [3.63, 3.8) is 0 Å². The highest BCUT2D eigenvalue weighted by Crippen LogP contribution is 2.50. The fourth-order valence-corrected chi connectivity index (χ4v) is 11.2. The van der Waals surface area contributed by atoms with Gasteiger partial charge in [-0.2, -0.15) is 0 Å². The first kappa shape index (κ1) is 56.5. The fourth-order valence-electron chi connectivity index (χ4n) is 11.2. The van der Waals surface area contributed by atoms with Crippen LogP contribution in [-0.4, -0.2) is 38.6 Å². The SMILES string of the molecule is CCCCCC(C)(C)c1cc(-c2cc(C(C)(C)CCCCC)c(OCCCC(CCC)C3CO3)c(C(C)(C)CCCCC)c2)cc(C(C)(C)CCCCC)c1OCCCC(CCC)C1CO1. The van der Waals surface area contributed by atoms with Gasteiger partial charge in [0.15, 0.2) is 0 Å². The van der Waals surface area contributed by atoms with Gasteiger partial charge in [-0.05, 0) is 133 Å². The second-order valence-corrected chi connectivity index (χ2v) is 24.0. The van der Waals surface area contributed by atoms with Gasteiger partial charge in [-0.3, -0.25) is 0 Å². The van der Waals surface area contributed by atoms with Crippen LogP contribution in [0.1, 0.15) is 273 Å². The predicted molar refractivity (Wildman–Crippen MR) is 286 cm³/mol. The van der Waals surface area contributed by atoms with E-state index < -0.39 is 0 Å². The highest BCUT2D eigenvalue weighted by Gasteiger charge is 2.37. The van der Waals surface area contributed by atoms with Gasteiger partial charge in [-0.25, -0.2) is 0 Å². The first-order valence-corrected chi connectivity index (χ1v) is 28.4. The average molecular weight is 916 g/mol. The molecule has 4 nitrogen and oxygen atoms in total. The fraction of sp³-hybridized carbons (Fsp3) is 0.806. The zero-order valence-corrected chi connectivity index (χ0v) is 46.1. The van der Waals surface area contributed by atoms with E-state index in [4.69, 9.17) is 18.9 Å². The number of ether oxygens (including phenoxy) is 4. The molecule has 378 valence electrons. The van der Waals surface area contributed by atoms with Crippen LogP contribution in [0.25, 0.3) is 11.1 Å². The van der Waals surface area contributed by atoms with Gasteiger partial charge in [0.1, 0.15) is 11.5 Å². The predicted octanol–water partition coefficient (Wildman–Crippen LogP) is 18.7. The molecule has 0 radical (unpaired) electrons. The van der Waals surface area contributed by atoms with Crippen molar-refractivity contribution >= 4 is 0 Å². The zero-order valence-electron chi connectivity index (χ0n) is 46.1. The topological polar surface area (TPSA) is 43.5 Å². The summed E-state index contributed by atoms with van der Waals surface area (Å²) in [7, 11) is 0. The summed E-state index contributed by atoms with van der Waals surface area (Å²) in [4.78, 5) is 0. The lowest BCUT2D eigenvalue weighted by Gasteiger charge is -2.36. The summed E-state index contributed by atoms with van der Waals surface area (Å²) in [5, 5.41) is 0. The minimum atomic E-state index is -0.0456. The van der Waals surface area contributed by atoms with E-state index in [1.54, 1.807) is 0 Å². The van der Waals surface area contributed by atoms with Crippen LogP contribution in [0, 0.1) is 11.8 Å². The molecule has 0 bridgehead atoms. The Morgan fingerprint density at radius 2 is 0.682 bits per heavy atom. The van der Waals surface area contributed by atoms with E-state index >= 15 is 0 Å². The van der Waals surface area contributed by atoms with E-state index in [0.29, 0.717) is 24.0 Å². The largest absolute Gasteiger partial charge is 0.493 e. The van der Waals surface area contributed by atoms with Crippen LogP contribution in [0.4, 0.5) is 0 Å². The van der Waals surface area contributed by atoms with Crippen molar-refractivity contribution in [3.05, 3.63) is 46.5 Å². The molecule has 4 atom stereocenters. The quantitative estimate of drug-likeness (QED) is 0.0500. The van der Waals surface area contributed by atoms with Gasteiger partial charge in [0.05, 0.1) is 38.6 Å². The average Bonchev–Trinajstić information content (AvgIpc) is 4.21. The van der Waals surface area contributed by atoms with E-state index in [1.807, 2.05) is 0 Å². The number of benzene rings is 2. The molecule has 4 heteroatoms. The van der Waals surface area contributed by atoms with Crippen LogP contribution in [0.5, 0.6) is 11.5 Å². The van der Waals surface area contributed by atoms with Crippen LogP contribution in [0.15, 0.2) is 24.3 Å². The van der Waals surface area contributed by atoms with Crippen LogP contribution in [0.2, 0.25) is 0 Å². The number of epoxide rings is 2. The van der Waals surface area contributed by atoms with Gasteiger partial charge in [0, 0.05) is 22.3 Å². The molecule has 4 unspecified atom stereocenters. The van der Waals surface area contributed by atoms with Gasteiger partial charge in [-0.1, -0.05) is 187 Å². The molecule has 0 N–H and O–H groups in total. The summed E-state index contributed by atoms with van der Waals surface area (Å²) < 4.78 is 26.2. The van der Waals surface area contributed by atoms with Gasteiger partial charge >= 0.3 is 0 Å². The van der Waals surface area contributed by atoms with Gasteiger partial charge in [0.2, 0.25) is 0 Å². The summed E-state index contributed by atoms with van der Waals surface area (Å²) >= 11 is 0. The zero-order chi connectivity index (χ0) is 48.4. The molecule has 66 heavy (non-hydrogen) atoms. The normalized spacial score (nSPS) is 17.5. The molecular formula is C62H106O4. The third-order valence-corrected chi connectivity index (χ3v) is 16.1. The monoisotopic (exact) mass is 915 g/mol. The van der Waals surface area contributed by atoms with Crippen molar-refractivity contribution < 1.29 is 18.9 Å². The maximum absolute atomic E-state index is 7.29. The van der Waals surface area contributed by atoms with Crippen molar-refractivity contribution in [2.75, 3.05) is 26.4 Å². The van der Waals surface area contributed by atoms with E-state index in [2.05, 4.69) is 121 Å². The van der Waals surface area contributed by atoms with E-state index in [-0.39, 0.29) is 21.7 Å². The van der Waals surface area contributed by atoms with Crippen LogP contribution in [-0.2, 0) is 31.1 Å². The molecule has 0 aromatic heterocycles. The maximum Gasteiger partial charge on any atom is 0.126 e. The summed E-state index contributed by atoms with van der Waals surface area (Å²) in [5.41, 5.74) is 8.13. The Morgan fingerprint density at radius 1 is 0.409 bits per heavy atom. The maximum atomic E-state index is 7.29. The Morgan fingerprint density at radius 3 is 0.909 bits per heavy atom. The second kappa shape index (κ2) is 27.4. The smallest absolute Gasteiger partial charge is 0.126 e. The molecule has 0 amide bonds.